The van der Waals surface area contributed by atoms with Crippen molar-refractivity contribution in [2.24, 2.45) is 5.92 Å². The van der Waals surface area contributed by atoms with Gasteiger partial charge >= 0.3 is 11.9 Å². The van der Waals surface area contributed by atoms with Gasteiger partial charge in [0.1, 0.15) is 12.7 Å². The van der Waals surface area contributed by atoms with E-state index in [0.717, 1.165) is 18.8 Å². The quantitative estimate of drug-likeness (QED) is 0.261. The third-order valence-electron chi connectivity index (χ3n) is 3.00. The van der Waals surface area contributed by atoms with Gasteiger partial charge in [-0.05, 0) is 19.3 Å². The molecule has 0 rings (SSSR count). The number of esters is 1. The highest BCUT2D eigenvalue weighted by Crippen LogP contribution is 2.09. The van der Waals surface area contributed by atoms with Crippen LogP contribution in [0.3, 0.4) is 0 Å². The number of carbonyl (C=O) groups excluding carboxylic acids is 1. The molecule has 0 fully saturated rings. The lowest BCUT2D eigenvalue weighted by atomic mass is 10.0. The predicted octanol–water partition coefficient (Wildman–Crippen LogP) is 2.15. The lowest BCUT2D eigenvalue weighted by Crippen LogP contribution is -2.21. The summed E-state index contributed by atoms with van der Waals surface area (Å²) in [6.45, 7) is 9.34. The SMILES string of the molecule is C=C(C)C(=O)OCCOCC(O)CO.CC(C)CCCCCC(=O)O. The largest absolute Gasteiger partial charge is 0.481 e. The minimum absolute atomic E-state index is 0.0289. The van der Waals surface area contributed by atoms with Crippen LogP contribution in [-0.4, -0.2) is 59.8 Å². The Morgan fingerprint density at radius 3 is 2.24 bits per heavy atom. The normalized spacial score (nSPS) is 11.4. The van der Waals surface area contributed by atoms with Crippen molar-refractivity contribution in [2.75, 3.05) is 26.4 Å². The van der Waals surface area contributed by atoms with Crippen LogP contribution in [0.1, 0.15) is 52.9 Å². The summed E-state index contributed by atoms with van der Waals surface area (Å²) in [5.41, 5.74) is 0.334. The van der Waals surface area contributed by atoms with Crippen molar-refractivity contribution in [1.82, 2.24) is 0 Å². The molecule has 0 heterocycles. The molecule has 0 aliphatic carbocycles. The summed E-state index contributed by atoms with van der Waals surface area (Å²) >= 11 is 0. The zero-order valence-corrected chi connectivity index (χ0v) is 15.7. The Hall–Kier alpha value is -1.44. The van der Waals surface area contributed by atoms with Gasteiger partial charge in [-0.1, -0.05) is 39.7 Å². The predicted molar refractivity (Wildman–Crippen MR) is 95.2 cm³/mol. The van der Waals surface area contributed by atoms with Crippen LogP contribution in [0.25, 0.3) is 0 Å². The summed E-state index contributed by atoms with van der Waals surface area (Å²) in [7, 11) is 0. The van der Waals surface area contributed by atoms with Crippen LogP contribution in [-0.2, 0) is 19.1 Å². The minimum atomic E-state index is -0.883. The number of carbonyl (C=O) groups is 2. The fourth-order valence-electron chi connectivity index (χ4n) is 1.59. The van der Waals surface area contributed by atoms with Gasteiger partial charge in [-0.3, -0.25) is 4.79 Å². The van der Waals surface area contributed by atoms with E-state index in [2.05, 4.69) is 20.4 Å². The van der Waals surface area contributed by atoms with E-state index in [4.69, 9.17) is 24.8 Å². The summed E-state index contributed by atoms with van der Waals surface area (Å²) < 4.78 is 9.61. The molecule has 1 unspecified atom stereocenters. The molecule has 0 saturated carbocycles. The molecule has 0 aromatic rings. The lowest BCUT2D eigenvalue weighted by molar-refractivity contribution is -0.141. The van der Waals surface area contributed by atoms with Crippen LogP contribution < -0.4 is 0 Å². The van der Waals surface area contributed by atoms with Crippen molar-refractivity contribution >= 4 is 11.9 Å². The van der Waals surface area contributed by atoms with E-state index in [1.165, 1.54) is 12.8 Å². The first-order chi connectivity index (χ1) is 11.7. The second-order valence-electron chi connectivity index (χ2n) is 6.21. The molecule has 0 aromatic heterocycles. The standard InChI is InChI=1S/C9H16O5.C9H18O2/c1-7(2)9(12)14-4-3-13-6-8(11)5-10;1-8(2)6-4-3-5-7-9(10)11/h8,10-11H,1,3-6H2,2H3;8H,3-7H2,1-2H3,(H,10,11). The van der Waals surface area contributed by atoms with E-state index in [1.54, 1.807) is 6.92 Å². The van der Waals surface area contributed by atoms with E-state index in [9.17, 15) is 9.59 Å². The fraction of sp³-hybridized carbons (Fsp3) is 0.778. The third-order valence-corrected chi connectivity index (χ3v) is 3.00. The zero-order chi connectivity index (χ0) is 19.7. The Kier molecular flexibility index (Phi) is 17.9. The maximum Gasteiger partial charge on any atom is 0.333 e. The molecular formula is C18H34O7. The summed E-state index contributed by atoms with van der Waals surface area (Å²) in [4.78, 5) is 20.9. The Morgan fingerprint density at radius 2 is 1.76 bits per heavy atom. The Bertz CT molecular complexity index is 366. The molecule has 0 aromatic carbocycles. The summed E-state index contributed by atoms with van der Waals surface area (Å²) in [6, 6.07) is 0. The number of carboxylic acids is 1. The number of aliphatic hydroxyl groups excluding tert-OH is 2. The monoisotopic (exact) mass is 362 g/mol. The smallest absolute Gasteiger partial charge is 0.333 e. The molecule has 25 heavy (non-hydrogen) atoms. The van der Waals surface area contributed by atoms with Crippen LogP contribution in [0.4, 0.5) is 0 Å². The summed E-state index contributed by atoms with van der Waals surface area (Å²) in [6.07, 6.45) is 3.74. The van der Waals surface area contributed by atoms with Crippen molar-refractivity contribution in [1.29, 1.82) is 0 Å². The first kappa shape index (κ1) is 25.8. The van der Waals surface area contributed by atoms with Crippen LogP contribution in [0.5, 0.6) is 0 Å². The van der Waals surface area contributed by atoms with E-state index in [1.807, 2.05) is 0 Å². The Balaban J connectivity index is 0. The molecule has 0 bridgehead atoms. The minimum Gasteiger partial charge on any atom is -0.481 e. The summed E-state index contributed by atoms with van der Waals surface area (Å²) in [5.74, 6) is -0.384. The van der Waals surface area contributed by atoms with Gasteiger partial charge in [-0.2, -0.15) is 0 Å². The first-order valence-corrected chi connectivity index (χ1v) is 8.61. The number of carboxylic acid groups (broad SMARTS) is 1. The number of rotatable bonds is 13. The third kappa shape index (κ3) is 22.6. The molecule has 148 valence electrons. The van der Waals surface area contributed by atoms with Gasteiger partial charge in [0.05, 0.1) is 19.8 Å². The number of aliphatic hydroxyl groups is 2. The molecule has 0 aliphatic heterocycles. The van der Waals surface area contributed by atoms with Gasteiger partial charge in [-0.15, -0.1) is 0 Å². The molecule has 7 heteroatoms. The number of aliphatic carboxylic acids is 1. The molecule has 1 atom stereocenters. The van der Waals surface area contributed by atoms with Gasteiger partial charge in [0.25, 0.3) is 0 Å². The van der Waals surface area contributed by atoms with Crippen molar-refractivity contribution in [2.45, 2.75) is 59.0 Å². The topological polar surface area (TPSA) is 113 Å². The molecule has 0 amide bonds. The Labute approximate surface area is 150 Å². The lowest BCUT2D eigenvalue weighted by Gasteiger charge is -2.08. The number of unbranched alkanes of at least 4 members (excludes halogenated alkanes) is 2. The van der Waals surface area contributed by atoms with Gasteiger partial charge < -0.3 is 24.8 Å². The van der Waals surface area contributed by atoms with Crippen LogP contribution >= 0.6 is 0 Å². The van der Waals surface area contributed by atoms with Gasteiger partial charge in [-0.25, -0.2) is 4.79 Å². The van der Waals surface area contributed by atoms with Crippen LogP contribution in [0.15, 0.2) is 12.2 Å². The second-order valence-corrected chi connectivity index (χ2v) is 6.21. The highest BCUT2D eigenvalue weighted by atomic mass is 16.6. The molecular weight excluding hydrogens is 328 g/mol. The van der Waals surface area contributed by atoms with E-state index >= 15 is 0 Å². The van der Waals surface area contributed by atoms with Crippen LogP contribution in [0.2, 0.25) is 0 Å². The van der Waals surface area contributed by atoms with Gasteiger partial charge in [0.15, 0.2) is 0 Å². The van der Waals surface area contributed by atoms with Crippen molar-refractivity contribution in [3.8, 4) is 0 Å². The molecule has 3 N–H and O–H groups in total. The van der Waals surface area contributed by atoms with E-state index in [0.29, 0.717) is 12.0 Å². The Morgan fingerprint density at radius 1 is 1.12 bits per heavy atom. The maximum absolute atomic E-state index is 10.8. The van der Waals surface area contributed by atoms with E-state index in [-0.39, 0.29) is 26.4 Å². The molecule has 0 saturated heterocycles. The maximum atomic E-state index is 10.8. The molecule has 0 radical (unpaired) electrons. The van der Waals surface area contributed by atoms with Crippen molar-refractivity contribution in [3.63, 3.8) is 0 Å². The van der Waals surface area contributed by atoms with Gasteiger partial charge in [0, 0.05) is 12.0 Å². The fourth-order valence-corrected chi connectivity index (χ4v) is 1.59. The summed E-state index contributed by atoms with van der Waals surface area (Å²) in [5, 5.41) is 25.6. The first-order valence-electron chi connectivity index (χ1n) is 8.61. The van der Waals surface area contributed by atoms with E-state index < -0.39 is 18.0 Å². The van der Waals surface area contributed by atoms with Crippen molar-refractivity contribution in [3.05, 3.63) is 12.2 Å². The van der Waals surface area contributed by atoms with Crippen LogP contribution in [0, 0.1) is 5.92 Å². The second kappa shape index (κ2) is 17.4. The average Bonchev–Trinajstić information content (AvgIpc) is 2.53. The highest BCUT2D eigenvalue weighted by Gasteiger charge is 2.04. The van der Waals surface area contributed by atoms with Crippen molar-refractivity contribution < 1.29 is 34.4 Å². The number of ether oxygens (including phenoxy) is 2. The highest BCUT2D eigenvalue weighted by molar-refractivity contribution is 5.86. The van der Waals surface area contributed by atoms with Gasteiger partial charge in [0.2, 0.25) is 0 Å². The zero-order valence-electron chi connectivity index (χ0n) is 15.7. The molecule has 7 nitrogen and oxygen atoms in total. The molecule has 0 spiro atoms. The number of hydrogen-bond acceptors (Lipinski definition) is 6. The number of hydrogen-bond donors (Lipinski definition) is 3. The average molecular weight is 362 g/mol. The molecule has 0 aliphatic rings.